The standard InChI is InChI=1S/C12H12BrFN4O/c1-7-15-11(17-12(16-7)19-3)18(2)8-4-5-9(13)10(14)6-8/h4-6H,1-3H3. The first-order chi connectivity index (χ1) is 9.01. The van der Waals surface area contributed by atoms with Crippen LogP contribution in [-0.2, 0) is 0 Å². The first-order valence-electron chi connectivity index (χ1n) is 5.46. The number of benzene rings is 1. The molecule has 0 atom stereocenters. The second-order valence-electron chi connectivity index (χ2n) is 3.83. The van der Waals surface area contributed by atoms with Crippen LogP contribution in [0.3, 0.4) is 0 Å². The highest BCUT2D eigenvalue weighted by atomic mass is 79.9. The molecule has 1 heterocycles. The van der Waals surface area contributed by atoms with Gasteiger partial charge in [0, 0.05) is 12.7 Å². The van der Waals surface area contributed by atoms with Crippen molar-refractivity contribution in [2.75, 3.05) is 19.1 Å². The fourth-order valence-corrected chi connectivity index (χ4v) is 1.74. The largest absolute Gasteiger partial charge is 0.467 e. The molecule has 0 bridgehead atoms. The monoisotopic (exact) mass is 326 g/mol. The fourth-order valence-electron chi connectivity index (χ4n) is 1.49. The van der Waals surface area contributed by atoms with Crippen LogP contribution in [0.1, 0.15) is 5.82 Å². The zero-order chi connectivity index (χ0) is 14.0. The molecule has 0 fully saturated rings. The third-order valence-electron chi connectivity index (χ3n) is 2.49. The number of hydrogen-bond donors (Lipinski definition) is 0. The molecule has 0 N–H and O–H groups in total. The summed E-state index contributed by atoms with van der Waals surface area (Å²) in [5, 5.41) is 0. The Hall–Kier alpha value is -1.76. The minimum absolute atomic E-state index is 0.229. The van der Waals surface area contributed by atoms with E-state index in [1.54, 1.807) is 31.0 Å². The van der Waals surface area contributed by atoms with Crippen molar-refractivity contribution < 1.29 is 9.13 Å². The average Bonchev–Trinajstić information content (AvgIpc) is 2.40. The Morgan fingerprint density at radius 2 is 2.00 bits per heavy atom. The van der Waals surface area contributed by atoms with Gasteiger partial charge in [-0.15, -0.1) is 0 Å². The van der Waals surface area contributed by atoms with Crippen LogP contribution in [0, 0.1) is 12.7 Å². The van der Waals surface area contributed by atoms with Gasteiger partial charge in [-0.2, -0.15) is 15.0 Å². The van der Waals surface area contributed by atoms with Gasteiger partial charge < -0.3 is 9.64 Å². The van der Waals surface area contributed by atoms with E-state index < -0.39 is 0 Å². The highest BCUT2D eigenvalue weighted by Gasteiger charge is 2.12. The zero-order valence-corrected chi connectivity index (χ0v) is 12.3. The molecule has 5 nitrogen and oxygen atoms in total. The molecule has 19 heavy (non-hydrogen) atoms. The van der Waals surface area contributed by atoms with Gasteiger partial charge in [-0.05, 0) is 41.1 Å². The summed E-state index contributed by atoms with van der Waals surface area (Å²) < 4.78 is 18.9. The van der Waals surface area contributed by atoms with E-state index in [0.717, 1.165) is 0 Å². The molecule has 0 saturated carbocycles. The predicted molar refractivity (Wildman–Crippen MR) is 73.3 cm³/mol. The van der Waals surface area contributed by atoms with Crippen LogP contribution in [0.15, 0.2) is 22.7 Å². The third kappa shape index (κ3) is 2.98. The molecule has 0 unspecified atom stereocenters. The maximum absolute atomic E-state index is 13.5. The summed E-state index contributed by atoms with van der Waals surface area (Å²) >= 11 is 3.11. The Bertz CT molecular complexity index is 608. The first kappa shape index (κ1) is 13.7. The quantitative estimate of drug-likeness (QED) is 0.868. The highest BCUT2D eigenvalue weighted by molar-refractivity contribution is 9.10. The van der Waals surface area contributed by atoms with Crippen molar-refractivity contribution >= 4 is 27.6 Å². The van der Waals surface area contributed by atoms with E-state index >= 15 is 0 Å². The number of ether oxygens (including phenoxy) is 1. The van der Waals surface area contributed by atoms with E-state index in [0.29, 0.717) is 21.9 Å². The summed E-state index contributed by atoms with van der Waals surface area (Å²) in [6.07, 6.45) is 0. The molecule has 1 aromatic heterocycles. The summed E-state index contributed by atoms with van der Waals surface area (Å²) in [5.41, 5.74) is 0.633. The lowest BCUT2D eigenvalue weighted by atomic mass is 10.3. The molecule has 7 heteroatoms. The highest BCUT2D eigenvalue weighted by Crippen LogP contribution is 2.25. The number of hydrogen-bond acceptors (Lipinski definition) is 5. The minimum Gasteiger partial charge on any atom is -0.467 e. The first-order valence-corrected chi connectivity index (χ1v) is 6.26. The molecule has 0 aliphatic carbocycles. The summed E-state index contributed by atoms with van der Waals surface area (Å²) in [7, 11) is 3.23. The van der Waals surface area contributed by atoms with Crippen LogP contribution in [0.5, 0.6) is 6.01 Å². The Balaban J connectivity index is 2.40. The van der Waals surface area contributed by atoms with E-state index in [1.807, 2.05) is 0 Å². The van der Waals surface area contributed by atoms with Crippen LogP contribution < -0.4 is 9.64 Å². The Kier molecular flexibility index (Phi) is 3.94. The van der Waals surface area contributed by atoms with Gasteiger partial charge in [-0.3, -0.25) is 0 Å². The van der Waals surface area contributed by atoms with Crippen LogP contribution in [-0.4, -0.2) is 29.1 Å². The van der Waals surface area contributed by atoms with Gasteiger partial charge in [0.25, 0.3) is 0 Å². The third-order valence-corrected chi connectivity index (χ3v) is 3.13. The van der Waals surface area contributed by atoms with Crippen molar-refractivity contribution in [3.05, 3.63) is 34.3 Å². The van der Waals surface area contributed by atoms with Crippen molar-refractivity contribution in [2.24, 2.45) is 0 Å². The number of rotatable bonds is 3. The van der Waals surface area contributed by atoms with E-state index in [2.05, 4.69) is 30.9 Å². The minimum atomic E-state index is -0.345. The molecular formula is C12H12BrFN4O. The fraction of sp³-hybridized carbons (Fsp3) is 0.250. The molecular weight excluding hydrogens is 315 g/mol. The molecule has 0 radical (unpaired) electrons. The molecule has 0 aliphatic heterocycles. The zero-order valence-electron chi connectivity index (χ0n) is 10.7. The van der Waals surface area contributed by atoms with Gasteiger partial charge in [-0.25, -0.2) is 4.39 Å². The summed E-state index contributed by atoms with van der Waals surface area (Å²) in [6, 6.07) is 5.02. The smallest absolute Gasteiger partial charge is 0.321 e. The van der Waals surface area contributed by atoms with Gasteiger partial charge in [-0.1, -0.05) is 0 Å². The molecule has 100 valence electrons. The predicted octanol–water partition coefficient (Wildman–Crippen LogP) is 2.86. The van der Waals surface area contributed by atoms with Crippen LogP contribution >= 0.6 is 15.9 Å². The SMILES string of the molecule is COc1nc(C)nc(N(C)c2ccc(Br)c(F)c2)n1. The normalized spacial score (nSPS) is 10.4. The van der Waals surface area contributed by atoms with E-state index in [9.17, 15) is 4.39 Å². The molecule has 1 aromatic carbocycles. The summed E-state index contributed by atoms with van der Waals surface area (Å²) in [5.74, 6) is 0.583. The average molecular weight is 327 g/mol. The molecule has 2 aromatic rings. The van der Waals surface area contributed by atoms with Gasteiger partial charge in [0.2, 0.25) is 5.95 Å². The van der Waals surface area contributed by atoms with Gasteiger partial charge in [0.05, 0.1) is 11.6 Å². The summed E-state index contributed by atoms with van der Waals surface area (Å²) in [6.45, 7) is 1.74. The van der Waals surface area contributed by atoms with E-state index in [-0.39, 0.29) is 11.8 Å². The molecule has 0 spiro atoms. The van der Waals surface area contributed by atoms with Crippen LogP contribution in [0.4, 0.5) is 16.0 Å². The molecule has 0 aliphatic rings. The van der Waals surface area contributed by atoms with Crippen LogP contribution in [0.25, 0.3) is 0 Å². The van der Waals surface area contributed by atoms with Crippen molar-refractivity contribution in [3.63, 3.8) is 0 Å². The van der Waals surface area contributed by atoms with Crippen LogP contribution in [0.2, 0.25) is 0 Å². The summed E-state index contributed by atoms with van der Waals surface area (Å²) in [4.78, 5) is 14.0. The number of nitrogens with zero attached hydrogens (tertiary/aromatic N) is 4. The lowest BCUT2D eigenvalue weighted by Crippen LogP contribution is -2.15. The number of halogens is 2. The van der Waals surface area contributed by atoms with Crippen molar-refractivity contribution in [3.8, 4) is 6.01 Å². The topological polar surface area (TPSA) is 51.1 Å². The van der Waals surface area contributed by atoms with Gasteiger partial charge in [0.15, 0.2) is 0 Å². The van der Waals surface area contributed by atoms with Crippen molar-refractivity contribution in [2.45, 2.75) is 6.92 Å². The Morgan fingerprint density at radius 1 is 1.26 bits per heavy atom. The number of aromatic nitrogens is 3. The van der Waals surface area contributed by atoms with Gasteiger partial charge in [0.1, 0.15) is 11.6 Å². The van der Waals surface area contributed by atoms with E-state index in [1.165, 1.54) is 13.2 Å². The number of methoxy groups -OCH3 is 1. The van der Waals surface area contributed by atoms with Crippen molar-refractivity contribution in [1.29, 1.82) is 0 Å². The molecule has 0 saturated heterocycles. The number of anilines is 2. The maximum atomic E-state index is 13.5. The second kappa shape index (κ2) is 5.48. The second-order valence-corrected chi connectivity index (χ2v) is 4.68. The van der Waals surface area contributed by atoms with Gasteiger partial charge >= 0.3 is 6.01 Å². The maximum Gasteiger partial charge on any atom is 0.321 e. The van der Waals surface area contributed by atoms with Crippen molar-refractivity contribution in [1.82, 2.24) is 15.0 Å². The molecule has 2 rings (SSSR count). The Morgan fingerprint density at radius 3 is 2.63 bits per heavy atom. The molecule has 0 amide bonds. The van der Waals surface area contributed by atoms with E-state index in [4.69, 9.17) is 4.74 Å². The Labute approximate surface area is 118 Å². The number of aryl methyl sites for hydroxylation is 1. The lowest BCUT2D eigenvalue weighted by molar-refractivity contribution is 0.377. The lowest BCUT2D eigenvalue weighted by Gasteiger charge is -2.17.